The van der Waals surface area contributed by atoms with Crippen molar-refractivity contribution in [3.8, 4) is 0 Å². The summed E-state index contributed by atoms with van der Waals surface area (Å²) in [5.74, 6) is -0.752. The average molecular weight is 305 g/mol. The lowest BCUT2D eigenvalue weighted by atomic mass is 9.77. The molecule has 3 aromatic rings. The van der Waals surface area contributed by atoms with Gasteiger partial charge in [-0.1, -0.05) is 48.5 Å². The van der Waals surface area contributed by atoms with Gasteiger partial charge in [-0.15, -0.1) is 0 Å². The molecule has 116 valence electrons. The summed E-state index contributed by atoms with van der Waals surface area (Å²) in [6, 6.07) is 18.5. The number of carbonyl (C=O) groups is 1. The third kappa shape index (κ3) is 2.42. The fourth-order valence-electron chi connectivity index (χ4n) is 3.89. The van der Waals surface area contributed by atoms with Gasteiger partial charge in [0, 0.05) is 22.5 Å². The maximum Gasteiger partial charge on any atom is 0.311 e. The van der Waals surface area contributed by atoms with E-state index in [1.165, 1.54) is 5.56 Å². The fraction of sp³-hybridized carbons (Fsp3) is 0.250. The third-order valence-electron chi connectivity index (χ3n) is 4.96. The first-order valence-electron chi connectivity index (χ1n) is 8.11. The maximum atomic E-state index is 11.7. The zero-order valence-electron chi connectivity index (χ0n) is 12.8. The second-order valence-corrected chi connectivity index (χ2v) is 6.35. The van der Waals surface area contributed by atoms with Crippen LogP contribution >= 0.6 is 0 Å². The van der Waals surface area contributed by atoms with E-state index in [4.69, 9.17) is 0 Å². The molecule has 2 atom stereocenters. The lowest BCUT2D eigenvalue weighted by Gasteiger charge is -2.27. The van der Waals surface area contributed by atoms with Crippen LogP contribution in [0, 0.1) is 0 Å². The van der Waals surface area contributed by atoms with E-state index >= 15 is 0 Å². The van der Waals surface area contributed by atoms with Gasteiger partial charge in [0.15, 0.2) is 0 Å². The molecule has 0 spiro atoms. The molecule has 1 heterocycles. The molecule has 4 rings (SSSR count). The summed E-state index contributed by atoms with van der Waals surface area (Å²) in [6.07, 6.45) is 2.57. The average Bonchev–Trinajstić information content (AvgIpc) is 2.96. The van der Waals surface area contributed by atoms with Crippen molar-refractivity contribution < 1.29 is 9.90 Å². The van der Waals surface area contributed by atoms with Crippen molar-refractivity contribution in [2.24, 2.45) is 0 Å². The van der Waals surface area contributed by atoms with E-state index in [1.807, 2.05) is 30.3 Å². The Hall–Kier alpha value is -2.55. The van der Waals surface area contributed by atoms with E-state index in [1.54, 1.807) is 0 Å². The van der Waals surface area contributed by atoms with Gasteiger partial charge in [-0.25, -0.2) is 0 Å². The van der Waals surface area contributed by atoms with Gasteiger partial charge >= 0.3 is 5.97 Å². The summed E-state index contributed by atoms with van der Waals surface area (Å²) in [5, 5.41) is 10.7. The Morgan fingerprint density at radius 2 is 1.78 bits per heavy atom. The smallest absolute Gasteiger partial charge is 0.311 e. The Bertz CT molecular complexity index is 850. The van der Waals surface area contributed by atoms with Crippen LogP contribution in [0.15, 0.2) is 54.6 Å². The Balaban J connectivity index is 1.81. The van der Waals surface area contributed by atoms with Gasteiger partial charge in [0.25, 0.3) is 0 Å². The van der Waals surface area contributed by atoms with Crippen LogP contribution in [0.5, 0.6) is 0 Å². The quantitative estimate of drug-likeness (QED) is 0.751. The van der Waals surface area contributed by atoms with E-state index in [0.717, 1.165) is 35.0 Å². The minimum atomic E-state index is -0.714. The van der Waals surface area contributed by atoms with E-state index in [-0.39, 0.29) is 0 Å². The largest absolute Gasteiger partial charge is 0.481 e. The summed E-state index contributed by atoms with van der Waals surface area (Å²) in [7, 11) is 0. The Morgan fingerprint density at radius 3 is 2.57 bits per heavy atom. The van der Waals surface area contributed by atoms with Gasteiger partial charge in [-0.05, 0) is 36.5 Å². The molecule has 0 saturated carbocycles. The minimum Gasteiger partial charge on any atom is -0.481 e. The molecular weight excluding hydrogens is 286 g/mol. The molecule has 0 saturated heterocycles. The molecule has 0 amide bonds. The van der Waals surface area contributed by atoms with Gasteiger partial charge in [0.1, 0.15) is 0 Å². The zero-order chi connectivity index (χ0) is 15.8. The van der Waals surface area contributed by atoms with Crippen LogP contribution in [0.1, 0.15) is 41.5 Å². The molecular formula is C20H19NO2. The summed E-state index contributed by atoms with van der Waals surface area (Å²) < 4.78 is 0. The molecule has 1 aromatic heterocycles. The molecule has 23 heavy (non-hydrogen) atoms. The number of rotatable bonds is 3. The number of benzene rings is 2. The first-order valence-corrected chi connectivity index (χ1v) is 8.11. The Labute approximate surface area is 135 Å². The summed E-state index contributed by atoms with van der Waals surface area (Å²) in [6.45, 7) is 0. The lowest BCUT2D eigenvalue weighted by Crippen LogP contribution is -2.21. The molecule has 2 unspecified atom stereocenters. The highest BCUT2D eigenvalue weighted by atomic mass is 16.4. The van der Waals surface area contributed by atoms with Gasteiger partial charge < -0.3 is 10.1 Å². The molecule has 0 fully saturated rings. The monoisotopic (exact) mass is 305 g/mol. The normalized spacial score (nSPS) is 20.3. The Kier molecular flexibility index (Phi) is 3.41. The predicted octanol–water partition coefficient (Wildman–Crippen LogP) is 4.46. The minimum absolute atomic E-state index is 0.357. The van der Waals surface area contributed by atoms with E-state index in [2.05, 4.69) is 29.2 Å². The summed E-state index contributed by atoms with van der Waals surface area (Å²) >= 11 is 0. The van der Waals surface area contributed by atoms with Crippen molar-refractivity contribution in [2.45, 2.75) is 31.1 Å². The van der Waals surface area contributed by atoms with Crippen LogP contribution < -0.4 is 0 Å². The number of carboxylic acid groups (broad SMARTS) is 1. The van der Waals surface area contributed by atoms with Crippen molar-refractivity contribution in [3.05, 3.63) is 71.4 Å². The van der Waals surface area contributed by atoms with Gasteiger partial charge in [0.2, 0.25) is 0 Å². The van der Waals surface area contributed by atoms with E-state index in [0.29, 0.717) is 12.3 Å². The summed E-state index contributed by atoms with van der Waals surface area (Å²) in [4.78, 5) is 15.2. The van der Waals surface area contributed by atoms with Crippen LogP contribution in [0.3, 0.4) is 0 Å². The fourth-order valence-corrected chi connectivity index (χ4v) is 3.89. The van der Waals surface area contributed by atoms with E-state index < -0.39 is 11.9 Å². The first-order chi connectivity index (χ1) is 11.2. The number of hydrogen-bond donors (Lipinski definition) is 2. The van der Waals surface area contributed by atoms with Crippen molar-refractivity contribution in [1.29, 1.82) is 0 Å². The molecule has 0 bridgehead atoms. The number of aromatic amines is 1. The lowest BCUT2D eigenvalue weighted by molar-refractivity contribution is -0.139. The van der Waals surface area contributed by atoms with Crippen molar-refractivity contribution >= 4 is 16.9 Å². The molecule has 1 aliphatic carbocycles. The van der Waals surface area contributed by atoms with Gasteiger partial charge in [-0.2, -0.15) is 0 Å². The van der Waals surface area contributed by atoms with Crippen LogP contribution in [-0.2, 0) is 11.2 Å². The highest BCUT2D eigenvalue weighted by Crippen LogP contribution is 2.43. The summed E-state index contributed by atoms with van der Waals surface area (Å²) in [5.41, 5.74) is 4.47. The first kappa shape index (κ1) is 14.1. The highest BCUT2D eigenvalue weighted by molar-refractivity contribution is 5.91. The number of nitrogens with one attached hydrogen (secondary N) is 1. The number of aliphatic carboxylic acids is 1. The molecule has 2 aromatic carbocycles. The van der Waals surface area contributed by atoms with Crippen LogP contribution in [0.2, 0.25) is 0 Å². The predicted molar refractivity (Wildman–Crippen MR) is 90.8 cm³/mol. The van der Waals surface area contributed by atoms with E-state index in [9.17, 15) is 9.90 Å². The van der Waals surface area contributed by atoms with Crippen LogP contribution in [-0.4, -0.2) is 16.1 Å². The van der Waals surface area contributed by atoms with Gasteiger partial charge in [-0.3, -0.25) is 4.79 Å². The van der Waals surface area contributed by atoms with Crippen molar-refractivity contribution in [2.75, 3.05) is 0 Å². The highest BCUT2D eigenvalue weighted by Gasteiger charge is 2.34. The number of carboxylic acids is 1. The number of aromatic nitrogens is 1. The molecule has 0 radical (unpaired) electrons. The SMILES string of the molecule is O=C(O)C1CCC(Cc2ccccc2)c2[nH]c3ccccc3c21. The molecule has 0 aliphatic heterocycles. The molecule has 3 nitrogen and oxygen atoms in total. The van der Waals surface area contributed by atoms with Crippen molar-refractivity contribution in [3.63, 3.8) is 0 Å². The number of fused-ring (bicyclic) bond motifs is 3. The number of H-pyrrole nitrogens is 1. The second kappa shape index (κ2) is 5.58. The number of hydrogen-bond acceptors (Lipinski definition) is 1. The standard InChI is InChI=1S/C20H19NO2/c22-20(23)16-11-10-14(12-13-6-2-1-3-7-13)19-18(16)15-8-4-5-9-17(15)21-19/h1-9,14,16,21H,10-12H2,(H,22,23). The maximum absolute atomic E-state index is 11.7. The second-order valence-electron chi connectivity index (χ2n) is 6.35. The third-order valence-corrected chi connectivity index (χ3v) is 4.96. The van der Waals surface area contributed by atoms with Gasteiger partial charge in [0.05, 0.1) is 5.92 Å². The molecule has 1 aliphatic rings. The van der Waals surface area contributed by atoms with Crippen LogP contribution in [0.4, 0.5) is 0 Å². The zero-order valence-corrected chi connectivity index (χ0v) is 12.8. The topological polar surface area (TPSA) is 53.1 Å². The van der Waals surface area contributed by atoms with Crippen LogP contribution in [0.25, 0.3) is 10.9 Å². The Morgan fingerprint density at radius 1 is 1.04 bits per heavy atom. The molecule has 2 N–H and O–H groups in total. The molecule has 3 heteroatoms. The van der Waals surface area contributed by atoms with Crippen molar-refractivity contribution in [1.82, 2.24) is 4.98 Å². The number of para-hydroxylation sites is 1.